The van der Waals surface area contributed by atoms with Gasteiger partial charge in [0, 0.05) is 17.7 Å². The number of hydrogen-bond donors (Lipinski definition) is 5. The summed E-state index contributed by atoms with van der Waals surface area (Å²) in [7, 11) is 0. The smallest absolute Gasteiger partial charge is 0.326 e. The minimum Gasteiger partial charge on any atom is -0.481 e. The topological polar surface area (TPSA) is 193 Å². The van der Waals surface area contributed by atoms with Crippen LogP contribution in [0.15, 0.2) is 36.8 Å². The highest BCUT2D eigenvalue weighted by Gasteiger charge is 2.21. The molecule has 1 aromatic carbocycles. The molecule has 0 saturated carbocycles. The van der Waals surface area contributed by atoms with Gasteiger partial charge in [-0.1, -0.05) is 0 Å². The maximum absolute atomic E-state index is 12.3. The number of nitrogen functional groups attached to an aromatic ring is 1. The lowest BCUT2D eigenvalue weighted by Crippen LogP contribution is -2.41. The number of anilines is 2. The zero-order valence-corrected chi connectivity index (χ0v) is 16.1. The number of hydrogen-bond acceptors (Lipinski definition) is 9. The van der Waals surface area contributed by atoms with Gasteiger partial charge in [0.25, 0.3) is 5.91 Å². The molecule has 3 rings (SSSR count). The minimum absolute atomic E-state index is 0.210. The van der Waals surface area contributed by atoms with E-state index in [9.17, 15) is 14.4 Å². The summed E-state index contributed by atoms with van der Waals surface area (Å²) in [6, 6.07) is 5.04. The van der Waals surface area contributed by atoms with Crippen LogP contribution in [0, 0.1) is 0 Å². The van der Waals surface area contributed by atoms with Crippen LogP contribution in [0.1, 0.15) is 28.9 Å². The average molecular weight is 425 g/mol. The van der Waals surface area contributed by atoms with Gasteiger partial charge in [0.2, 0.25) is 0 Å². The van der Waals surface area contributed by atoms with E-state index in [1.54, 1.807) is 18.3 Å². The minimum atomic E-state index is -1.30. The van der Waals surface area contributed by atoms with Gasteiger partial charge in [-0.15, -0.1) is 0 Å². The molecule has 0 aliphatic rings. The summed E-state index contributed by atoms with van der Waals surface area (Å²) in [5.41, 5.74) is 8.13. The van der Waals surface area contributed by atoms with E-state index in [4.69, 9.17) is 15.9 Å². The summed E-state index contributed by atoms with van der Waals surface area (Å²) < 4.78 is 0. The van der Waals surface area contributed by atoms with Gasteiger partial charge in [0.15, 0.2) is 17.0 Å². The zero-order chi connectivity index (χ0) is 22.4. The lowest BCUT2D eigenvalue weighted by Gasteiger charge is -2.14. The molecule has 2 heterocycles. The number of carbonyl (C=O) groups excluding carboxylic acids is 1. The van der Waals surface area contributed by atoms with E-state index in [2.05, 4.69) is 30.6 Å². The Hall–Kier alpha value is -4.35. The first kappa shape index (κ1) is 21.4. The number of carboxylic acid groups (broad SMARTS) is 2. The number of carbonyl (C=O) groups is 3. The molecule has 6 N–H and O–H groups in total. The number of fused-ring (bicyclic) bond motifs is 1. The fraction of sp³-hybridized carbons (Fsp3) is 0.211. The van der Waals surface area contributed by atoms with Gasteiger partial charge < -0.3 is 26.6 Å². The molecule has 0 spiro atoms. The van der Waals surface area contributed by atoms with Crippen LogP contribution in [0.2, 0.25) is 0 Å². The Morgan fingerprint density at radius 3 is 2.48 bits per heavy atom. The maximum Gasteiger partial charge on any atom is 0.326 e. The van der Waals surface area contributed by atoms with Gasteiger partial charge in [-0.2, -0.15) is 0 Å². The Kier molecular flexibility index (Phi) is 6.50. The van der Waals surface area contributed by atoms with Crippen LogP contribution in [-0.4, -0.2) is 54.0 Å². The van der Waals surface area contributed by atoms with Gasteiger partial charge in [0.1, 0.15) is 12.4 Å². The Morgan fingerprint density at radius 1 is 1.06 bits per heavy atom. The predicted molar refractivity (Wildman–Crippen MR) is 109 cm³/mol. The summed E-state index contributed by atoms with van der Waals surface area (Å²) in [6.07, 6.45) is 2.30. The van der Waals surface area contributed by atoms with Crippen molar-refractivity contribution < 1.29 is 24.6 Å². The molecule has 12 nitrogen and oxygen atoms in total. The van der Waals surface area contributed by atoms with E-state index in [1.807, 2.05) is 0 Å². The second kappa shape index (κ2) is 9.43. The Labute approximate surface area is 175 Å². The molecule has 0 radical (unpaired) electrons. The van der Waals surface area contributed by atoms with E-state index >= 15 is 0 Å². The average Bonchev–Trinajstić information content (AvgIpc) is 2.75. The van der Waals surface area contributed by atoms with Crippen LogP contribution in [0.25, 0.3) is 11.2 Å². The largest absolute Gasteiger partial charge is 0.481 e. The number of nitrogens with zero attached hydrogens (tertiary/aromatic N) is 4. The third kappa shape index (κ3) is 5.59. The highest BCUT2D eigenvalue weighted by atomic mass is 16.4. The standard InChI is InChI=1S/C19H19N7O5/c20-16-15-17(24-9-23-16)22-8-12(25-15)7-21-11-3-1-10(2-4-11)18(29)26-13(19(30)31)5-6-14(27)28/h1-4,8-9,13,21H,5-7H2,(H,26,29)(H,27,28)(H,30,31)(H2,20,22,23,24)/t13-/m0/s1. The number of nitrogens with one attached hydrogen (secondary N) is 2. The number of amides is 1. The molecule has 0 fully saturated rings. The van der Waals surface area contributed by atoms with Gasteiger partial charge in [-0.3, -0.25) is 9.59 Å². The molecule has 0 bridgehead atoms. The van der Waals surface area contributed by atoms with Crippen LogP contribution in [0.4, 0.5) is 11.5 Å². The molecule has 1 atom stereocenters. The van der Waals surface area contributed by atoms with Crippen molar-refractivity contribution in [3.8, 4) is 0 Å². The lowest BCUT2D eigenvalue weighted by molar-refractivity contribution is -0.140. The highest BCUT2D eigenvalue weighted by Crippen LogP contribution is 2.14. The summed E-state index contributed by atoms with van der Waals surface area (Å²) in [5, 5.41) is 23.3. The maximum atomic E-state index is 12.3. The van der Waals surface area contributed by atoms with Gasteiger partial charge >= 0.3 is 11.9 Å². The Bertz CT molecular complexity index is 1120. The van der Waals surface area contributed by atoms with E-state index in [0.717, 1.165) is 0 Å². The van der Waals surface area contributed by atoms with Gasteiger partial charge in [-0.25, -0.2) is 24.7 Å². The van der Waals surface area contributed by atoms with Crippen molar-refractivity contribution in [2.24, 2.45) is 0 Å². The summed E-state index contributed by atoms with van der Waals surface area (Å²) in [5.74, 6) is -2.81. The first-order chi connectivity index (χ1) is 14.8. The van der Waals surface area contributed by atoms with E-state index < -0.39 is 23.9 Å². The molecule has 0 aliphatic heterocycles. The Balaban J connectivity index is 1.60. The number of aliphatic carboxylic acids is 2. The normalized spacial score (nSPS) is 11.6. The third-order valence-corrected chi connectivity index (χ3v) is 4.29. The Morgan fingerprint density at radius 2 is 1.81 bits per heavy atom. The van der Waals surface area contributed by atoms with Crippen molar-refractivity contribution in [1.29, 1.82) is 0 Å². The van der Waals surface area contributed by atoms with Crippen LogP contribution in [-0.2, 0) is 16.1 Å². The molecule has 31 heavy (non-hydrogen) atoms. The number of aromatic nitrogens is 4. The first-order valence-corrected chi connectivity index (χ1v) is 9.15. The predicted octanol–water partition coefficient (Wildman–Crippen LogP) is 0.662. The lowest BCUT2D eigenvalue weighted by atomic mass is 10.1. The van der Waals surface area contributed by atoms with Crippen LogP contribution in [0.3, 0.4) is 0 Å². The third-order valence-electron chi connectivity index (χ3n) is 4.29. The molecule has 160 valence electrons. The van der Waals surface area contributed by atoms with E-state index in [1.165, 1.54) is 18.5 Å². The quantitative estimate of drug-likeness (QED) is 0.323. The fourth-order valence-electron chi connectivity index (χ4n) is 2.68. The monoisotopic (exact) mass is 425 g/mol. The van der Waals surface area contributed by atoms with Crippen molar-refractivity contribution >= 4 is 40.5 Å². The van der Waals surface area contributed by atoms with Crippen molar-refractivity contribution in [1.82, 2.24) is 25.3 Å². The molecule has 12 heteroatoms. The van der Waals surface area contributed by atoms with Gasteiger partial charge in [-0.05, 0) is 30.7 Å². The summed E-state index contributed by atoms with van der Waals surface area (Å²) in [4.78, 5) is 50.6. The van der Waals surface area contributed by atoms with E-state index in [-0.39, 0.29) is 24.2 Å². The summed E-state index contributed by atoms with van der Waals surface area (Å²) >= 11 is 0. The van der Waals surface area contributed by atoms with E-state index in [0.29, 0.717) is 29.1 Å². The van der Waals surface area contributed by atoms with Crippen molar-refractivity contribution in [2.75, 3.05) is 11.1 Å². The highest BCUT2D eigenvalue weighted by molar-refractivity contribution is 5.97. The number of nitrogens with two attached hydrogens (primary N) is 1. The zero-order valence-electron chi connectivity index (χ0n) is 16.1. The molecule has 2 aromatic heterocycles. The van der Waals surface area contributed by atoms with Crippen molar-refractivity contribution in [3.05, 3.63) is 48.0 Å². The van der Waals surface area contributed by atoms with Crippen LogP contribution >= 0.6 is 0 Å². The molecule has 0 unspecified atom stereocenters. The molecular weight excluding hydrogens is 406 g/mol. The number of carboxylic acids is 2. The molecule has 1 amide bonds. The molecule has 0 aliphatic carbocycles. The van der Waals surface area contributed by atoms with Crippen LogP contribution in [0.5, 0.6) is 0 Å². The molecule has 0 saturated heterocycles. The molecule has 3 aromatic rings. The van der Waals surface area contributed by atoms with Gasteiger partial charge in [0.05, 0.1) is 18.4 Å². The van der Waals surface area contributed by atoms with Crippen molar-refractivity contribution in [3.63, 3.8) is 0 Å². The SMILES string of the molecule is Nc1ncnc2ncc(CNc3ccc(C(=O)N[C@@H](CCC(=O)O)C(=O)O)cc3)nc12. The van der Waals surface area contributed by atoms with Crippen LogP contribution < -0.4 is 16.4 Å². The summed E-state index contributed by atoms with van der Waals surface area (Å²) in [6.45, 7) is 0.332. The molecular formula is C19H19N7O5. The number of benzene rings is 1. The first-order valence-electron chi connectivity index (χ1n) is 9.15. The second-order valence-electron chi connectivity index (χ2n) is 6.52. The van der Waals surface area contributed by atoms with Crippen molar-refractivity contribution in [2.45, 2.75) is 25.4 Å². The fourth-order valence-corrected chi connectivity index (χ4v) is 2.68. The second-order valence-corrected chi connectivity index (χ2v) is 6.52. The number of rotatable bonds is 9.